The van der Waals surface area contributed by atoms with E-state index in [2.05, 4.69) is 16.0 Å². The second kappa shape index (κ2) is 12.3. The molecule has 4 unspecified atom stereocenters. The zero-order chi connectivity index (χ0) is 25.4. The normalized spacial score (nSPS) is 21.2. The Bertz CT molecular complexity index is 934. The first-order chi connectivity index (χ1) is 16.8. The number of nitrogens with two attached hydrogens (primary N) is 1. The van der Waals surface area contributed by atoms with E-state index in [9.17, 15) is 29.1 Å². The number of carbonyl (C=O) groups excluding carboxylic acids is 4. The molecule has 3 rings (SSSR count). The fourth-order valence-corrected chi connectivity index (χ4v) is 4.54. The molecule has 1 aromatic carbocycles. The summed E-state index contributed by atoms with van der Waals surface area (Å²) in [5.41, 5.74) is 5.88. The highest BCUT2D eigenvalue weighted by atomic mass is 16.4. The van der Waals surface area contributed by atoms with Crippen molar-refractivity contribution < 1.29 is 29.1 Å². The highest BCUT2D eigenvalue weighted by Gasteiger charge is 2.39. The van der Waals surface area contributed by atoms with Crippen LogP contribution in [0.3, 0.4) is 0 Å². The average molecular weight is 488 g/mol. The number of benzene rings is 1. The van der Waals surface area contributed by atoms with Crippen molar-refractivity contribution in [3.8, 4) is 0 Å². The highest BCUT2D eigenvalue weighted by molar-refractivity contribution is 5.94. The van der Waals surface area contributed by atoms with Crippen LogP contribution < -0.4 is 21.7 Å². The molecule has 2 aliphatic heterocycles. The Morgan fingerprint density at radius 3 is 2.43 bits per heavy atom. The molecular weight excluding hydrogens is 454 g/mol. The monoisotopic (exact) mass is 487 g/mol. The van der Waals surface area contributed by atoms with Gasteiger partial charge >= 0.3 is 5.97 Å². The van der Waals surface area contributed by atoms with Crippen molar-refractivity contribution in [2.24, 2.45) is 5.73 Å². The number of nitrogens with zero attached hydrogens (tertiary/aromatic N) is 1. The number of hydrogen-bond acceptors (Lipinski definition) is 6. The van der Waals surface area contributed by atoms with E-state index in [0.717, 1.165) is 24.9 Å². The van der Waals surface area contributed by atoms with Gasteiger partial charge in [-0.05, 0) is 44.2 Å². The van der Waals surface area contributed by atoms with Gasteiger partial charge in [-0.3, -0.25) is 19.2 Å². The lowest BCUT2D eigenvalue weighted by Gasteiger charge is -2.28. The van der Waals surface area contributed by atoms with Crippen LogP contribution in [0, 0.1) is 0 Å². The van der Waals surface area contributed by atoms with Crippen LogP contribution in [-0.4, -0.2) is 76.9 Å². The number of aliphatic carboxylic acids is 1. The first kappa shape index (κ1) is 26.1. The molecule has 11 heteroatoms. The van der Waals surface area contributed by atoms with Gasteiger partial charge in [0, 0.05) is 19.4 Å². The Hall–Kier alpha value is -3.47. The van der Waals surface area contributed by atoms with Gasteiger partial charge < -0.3 is 31.7 Å². The maximum absolute atomic E-state index is 13.2. The van der Waals surface area contributed by atoms with E-state index in [0.29, 0.717) is 19.4 Å². The summed E-state index contributed by atoms with van der Waals surface area (Å²) < 4.78 is 0. The fraction of sp³-hybridized carbons (Fsp3) is 0.542. The van der Waals surface area contributed by atoms with E-state index >= 15 is 0 Å². The van der Waals surface area contributed by atoms with E-state index in [1.54, 1.807) is 29.2 Å². The number of carbonyl (C=O) groups is 5. The number of likely N-dealkylation sites (tertiary alicyclic amines) is 1. The molecule has 11 nitrogen and oxygen atoms in total. The van der Waals surface area contributed by atoms with Crippen molar-refractivity contribution in [2.45, 2.75) is 69.1 Å². The number of hydrogen-bond donors (Lipinski definition) is 5. The van der Waals surface area contributed by atoms with E-state index in [1.807, 2.05) is 6.07 Å². The first-order valence-corrected chi connectivity index (χ1v) is 12.0. The quantitative estimate of drug-likeness (QED) is 0.274. The Morgan fingerprint density at radius 2 is 1.80 bits per heavy atom. The molecule has 35 heavy (non-hydrogen) atoms. The van der Waals surface area contributed by atoms with Crippen molar-refractivity contribution >= 4 is 29.6 Å². The van der Waals surface area contributed by atoms with Crippen LogP contribution >= 0.6 is 0 Å². The summed E-state index contributed by atoms with van der Waals surface area (Å²) in [7, 11) is 0. The van der Waals surface area contributed by atoms with E-state index in [1.165, 1.54) is 0 Å². The lowest BCUT2D eigenvalue weighted by molar-refractivity contribution is -0.143. The van der Waals surface area contributed by atoms with Crippen molar-refractivity contribution in [3.63, 3.8) is 0 Å². The Morgan fingerprint density at radius 1 is 1.06 bits per heavy atom. The molecule has 0 saturated carbocycles. The number of amides is 4. The minimum absolute atomic E-state index is 0.110. The Kier molecular flexibility index (Phi) is 9.18. The van der Waals surface area contributed by atoms with Gasteiger partial charge in [-0.2, -0.15) is 0 Å². The lowest BCUT2D eigenvalue weighted by atomic mass is 10.0. The molecule has 0 aromatic heterocycles. The summed E-state index contributed by atoms with van der Waals surface area (Å²) in [6.07, 6.45) is 2.56. The third-order valence-electron chi connectivity index (χ3n) is 6.41. The molecule has 0 radical (unpaired) electrons. The molecule has 190 valence electrons. The molecule has 4 amide bonds. The number of primary amides is 1. The average Bonchev–Trinajstić information content (AvgIpc) is 3.53. The molecule has 2 heterocycles. The number of nitrogens with one attached hydrogen (secondary N) is 3. The van der Waals surface area contributed by atoms with Gasteiger partial charge in [0.15, 0.2) is 0 Å². The molecule has 0 spiro atoms. The smallest absolute Gasteiger partial charge is 0.326 e. The van der Waals surface area contributed by atoms with E-state index in [-0.39, 0.29) is 31.2 Å². The summed E-state index contributed by atoms with van der Waals surface area (Å²) in [6, 6.07) is 5.62. The standard InChI is InChI=1S/C24H33N5O6/c25-20(30)11-10-17(24(34)35)27-21(31)18(14-15-6-2-1-3-7-15)28-22(32)19-9-5-13-29(19)23(33)16-8-4-12-26-16/h1-3,6-7,16-19,26H,4-5,8-14H2,(H2,25,30)(H,27,31)(H,28,32)(H,34,35). The predicted octanol–water partition coefficient (Wildman–Crippen LogP) is -0.708. The molecule has 2 aliphatic rings. The SMILES string of the molecule is NC(=O)CCC(NC(=O)C(Cc1ccccc1)NC(=O)C1CCCN1C(=O)C1CCCN1)C(=O)O. The lowest BCUT2D eigenvalue weighted by Crippen LogP contribution is -2.57. The molecule has 4 atom stereocenters. The molecule has 6 N–H and O–H groups in total. The predicted molar refractivity (Wildman–Crippen MR) is 126 cm³/mol. The van der Waals surface area contributed by atoms with E-state index < -0.39 is 41.8 Å². The maximum Gasteiger partial charge on any atom is 0.326 e. The third kappa shape index (κ3) is 7.25. The van der Waals surface area contributed by atoms with Gasteiger partial charge in [-0.15, -0.1) is 0 Å². The van der Waals surface area contributed by atoms with Crippen molar-refractivity contribution in [3.05, 3.63) is 35.9 Å². The molecule has 2 saturated heterocycles. The van der Waals surface area contributed by atoms with E-state index in [4.69, 9.17) is 5.73 Å². The summed E-state index contributed by atoms with van der Waals surface area (Å²) >= 11 is 0. The third-order valence-corrected chi connectivity index (χ3v) is 6.41. The second-order valence-electron chi connectivity index (χ2n) is 8.99. The van der Waals surface area contributed by atoms with Crippen LogP contribution in [-0.2, 0) is 30.4 Å². The molecule has 1 aromatic rings. The van der Waals surface area contributed by atoms with Gasteiger partial charge in [-0.1, -0.05) is 30.3 Å². The van der Waals surface area contributed by atoms with Crippen LogP contribution in [0.4, 0.5) is 0 Å². The first-order valence-electron chi connectivity index (χ1n) is 12.0. The minimum atomic E-state index is -1.33. The second-order valence-corrected chi connectivity index (χ2v) is 8.99. The molecule has 0 bridgehead atoms. The molecule has 2 fully saturated rings. The number of carboxylic acid groups (broad SMARTS) is 1. The largest absolute Gasteiger partial charge is 0.480 e. The zero-order valence-corrected chi connectivity index (χ0v) is 19.6. The van der Waals surface area contributed by atoms with Crippen molar-refractivity contribution in [1.29, 1.82) is 0 Å². The highest BCUT2D eigenvalue weighted by Crippen LogP contribution is 2.21. The summed E-state index contributed by atoms with van der Waals surface area (Å²) in [6.45, 7) is 1.24. The fourth-order valence-electron chi connectivity index (χ4n) is 4.54. The number of carboxylic acids is 1. The topological polar surface area (TPSA) is 171 Å². The van der Waals surface area contributed by atoms with Gasteiger partial charge in [0.05, 0.1) is 6.04 Å². The molecule has 0 aliphatic carbocycles. The van der Waals surface area contributed by atoms with Gasteiger partial charge in [0.25, 0.3) is 0 Å². The summed E-state index contributed by atoms with van der Waals surface area (Å²) in [5.74, 6) is -3.23. The van der Waals surface area contributed by atoms with Crippen LogP contribution in [0.1, 0.15) is 44.1 Å². The zero-order valence-electron chi connectivity index (χ0n) is 19.6. The Balaban J connectivity index is 1.72. The van der Waals surface area contributed by atoms with Gasteiger partial charge in [0.1, 0.15) is 18.1 Å². The van der Waals surface area contributed by atoms with Crippen LogP contribution in [0.25, 0.3) is 0 Å². The van der Waals surface area contributed by atoms with Crippen LogP contribution in [0.15, 0.2) is 30.3 Å². The van der Waals surface area contributed by atoms with Gasteiger partial charge in [0.2, 0.25) is 23.6 Å². The Labute approximate surface area is 203 Å². The van der Waals surface area contributed by atoms with Gasteiger partial charge in [-0.25, -0.2) is 4.79 Å². The molecular formula is C24H33N5O6. The number of rotatable bonds is 11. The summed E-state index contributed by atoms with van der Waals surface area (Å²) in [5, 5.41) is 17.8. The van der Waals surface area contributed by atoms with Crippen molar-refractivity contribution in [1.82, 2.24) is 20.9 Å². The maximum atomic E-state index is 13.2. The minimum Gasteiger partial charge on any atom is -0.480 e. The van der Waals surface area contributed by atoms with Crippen LogP contribution in [0.5, 0.6) is 0 Å². The van der Waals surface area contributed by atoms with Crippen LogP contribution in [0.2, 0.25) is 0 Å². The summed E-state index contributed by atoms with van der Waals surface area (Å²) in [4.78, 5) is 63.5. The van der Waals surface area contributed by atoms with Crippen molar-refractivity contribution in [2.75, 3.05) is 13.1 Å².